The number of hydrogen-bond donors (Lipinski definition) is 3. The van der Waals surface area contributed by atoms with E-state index in [9.17, 15) is 0 Å². The fourth-order valence-electron chi connectivity index (χ4n) is 2.71. The number of hydrazine groups is 1. The van der Waals surface area contributed by atoms with Crippen LogP contribution >= 0.6 is 11.6 Å². The van der Waals surface area contributed by atoms with E-state index in [2.05, 4.69) is 16.9 Å². The van der Waals surface area contributed by atoms with Gasteiger partial charge in [-0.25, -0.2) is 5.43 Å². The van der Waals surface area contributed by atoms with Gasteiger partial charge in [0.1, 0.15) is 11.9 Å². The number of ether oxygens (including phenoxy) is 1. The summed E-state index contributed by atoms with van der Waals surface area (Å²) in [5, 5.41) is 0.632. The standard InChI is InChI=1S/C17H20ClN3O/c1-11(22-17-8-3-2-7-14(17)18)15-10-16(21-20-15)12-5-4-6-13(19)9-12/h2-9,11,15-16,20-21H,10,19H2,1H3. The van der Waals surface area contributed by atoms with Crippen LogP contribution in [0.5, 0.6) is 5.75 Å². The van der Waals surface area contributed by atoms with E-state index in [1.54, 1.807) is 0 Å². The van der Waals surface area contributed by atoms with Crippen LogP contribution in [0.1, 0.15) is 24.9 Å². The van der Waals surface area contributed by atoms with Crippen LogP contribution in [0, 0.1) is 0 Å². The lowest BCUT2D eigenvalue weighted by Gasteiger charge is -2.21. The van der Waals surface area contributed by atoms with Crippen molar-refractivity contribution in [2.75, 3.05) is 5.73 Å². The molecule has 1 aliphatic rings. The minimum absolute atomic E-state index is 0.00143. The van der Waals surface area contributed by atoms with Gasteiger partial charge in [-0.2, -0.15) is 0 Å². The van der Waals surface area contributed by atoms with Gasteiger partial charge in [0.05, 0.1) is 11.1 Å². The van der Waals surface area contributed by atoms with E-state index < -0.39 is 0 Å². The van der Waals surface area contributed by atoms with Crippen LogP contribution in [-0.4, -0.2) is 12.1 Å². The van der Waals surface area contributed by atoms with Crippen molar-refractivity contribution in [3.63, 3.8) is 0 Å². The largest absolute Gasteiger partial charge is 0.487 e. The van der Waals surface area contributed by atoms with Crippen molar-refractivity contribution in [1.29, 1.82) is 0 Å². The Morgan fingerprint density at radius 1 is 1.18 bits per heavy atom. The molecule has 3 atom stereocenters. The van der Waals surface area contributed by atoms with Crippen molar-refractivity contribution in [2.24, 2.45) is 0 Å². The number of rotatable bonds is 4. The predicted molar refractivity (Wildman–Crippen MR) is 89.8 cm³/mol. The summed E-state index contributed by atoms with van der Waals surface area (Å²) in [6.07, 6.45) is 0.924. The molecule has 3 rings (SSSR count). The Morgan fingerprint density at radius 2 is 2.00 bits per heavy atom. The van der Waals surface area contributed by atoms with E-state index in [0.29, 0.717) is 10.8 Å². The van der Waals surface area contributed by atoms with Crippen LogP contribution in [0.2, 0.25) is 5.02 Å². The van der Waals surface area contributed by atoms with Gasteiger partial charge in [-0.1, -0.05) is 35.9 Å². The monoisotopic (exact) mass is 317 g/mol. The molecule has 3 unspecified atom stereocenters. The predicted octanol–water partition coefficient (Wildman–Crippen LogP) is 3.30. The zero-order valence-corrected chi connectivity index (χ0v) is 13.2. The van der Waals surface area contributed by atoms with Crippen molar-refractivity contribution in [1.82, 2.24) is 10.9 Å². The normalized spacial score (nSPS) is 22.5. The third-order valence-corrected chi connectivity index (χ3v) is 4.27. The van der Waals surface area contributed by atoms with Crippen LogP contribution in [0.25, 0.3) is 0 Å². The molecule has 0 bridgehead atoms. The first kappa shape index (κ1) is 15.2. The van der Waals surface area contributed by atoms with Gasteiger partial charge in [0.2, 0.25) is 0 Å². The molecule has 1 heterocycles. The molecule has 1 saturated heterocycles. The zero-order chi connectivity index (χ0) is 15.5. The van der Waals surface area contributed by atoms with Gasteiger partial charge in [0.25, 0.3) is 0 Å². The quantitative estimate of drug-likeness (QED) is 0.757. The fraction of sp³-hybridized carbons (Fsp3) is 0.294. The minimum atomic E-state index is -0.00143. The number of anilines is 1. The van der Waals surface area contributed by atoms with E-state index in [-0.39, 0.29) is 18.2 Å². The Kier molecular flexibility index (Phi) is 4.52. The van der Waals surface area contributed by atoms with Crippen LogP contribution in [-0.2, 0) is 0 Å². The van der Waals surface area contributed by atoms with Gasteiger partial charge in [0.15, 0.2) is 0 Å². The smallest absolute Gasteiger partial charge is 0.138 e. The first-order valence-electron chi connectivity index (χ1n) is 7.41. The molecule has 116 valence electrons. The van der Waals surface area contributed by atoms with Crippen LogP contribution in [0.4, 0.5) is 5.69 Å². The fourth-order valence-corrected chi connectivity index (χ4v) is 2.89. The summed E-state index contributed by atoms with van der Waals surface area (Å²) in [4.78, 5) is 0. The average Bonchev–Trinajstić information content (AvgIpc) is 2.99. The average molecular weight is 318 g/mol. The molecule has 22 heavy (non-hydrogen) atoms. The topological polar surface area (TPSA) is 59.3 Å². The van der Waals surface area contributed by atoms with E-state index in [1.165, 1.54) is 5.56 Å². The summed E-state index contributed by atoms with van der Waals surface area (Å²) >= 11 is 6.14. The molecule has 2 aromatic rings. The second-order valence-electron chi connectivity index (χ2n) is 5.61. The Balaban J connectivity index is 1.64. The molecule has 4 N–H and O–H groups in total. The van der Waals surface area contributed by atoms with Crippen LogP contribution in [0.15, 0.2) is 48.5 Å². The third-order valence-electron chi connectivity index (χ3n) is 3.96. The molecular formula is C17H20ClN3O. The van der Waals surface area contributed by atoms with Crippen molar-refractivity contribution < 1.29 is 4.74 Å². The van der Waals surface area contributed by atoms with Gasteiger partial charge < -0.3 is 10.5 Å². The molecule has 0 saturated carbocycles. The highest BCUT2D eigenvalue weighted by Gasteiger charge is 2.30. The van der Waals surface area contributed by atoms with Gasteiger partial charge in [0, 0.05) is 11.7 Å². The number of nitrogen functional groups attached to an aromatic ring is 1. The highest BCUT2D eigenvalue weighted by molar-refractivity contribution is 6.32. The molecule has 0 amide bonds. The third kappa shape index (κ3) is 3.35. The maximum Gasteiger partial charge on any atom is 0.138 e. The molecule has 0 aliphatic carbocycles. The van der Waals surface area contributed by atoms with E-state index in [0.717, 1.165) is 12.1 Å². The SMILES string of the molecule is CC(Oc1ccccc1Cl)C1CC(c2cccc(N)c2)NN1. The van der Waals surface area contributed by atoms with E-state index >= 15 is 0 Å². The van der Waals surface area contributed by atoms with Gasteiger partial charge in [-0.15, -0.1) is 0 Å². The number of nitrogens with one attached hydrogen (secondary N) is 2. The van der Waals surface area contributed by atoms with Gasteiger partial charge >= 0.3 is 0 Å². The molecule has 5 heteroatoms. The summed E-state index contributed by atoms with van der Waals surface area (Å²) in [5.41, 5.74) is 14.4. The molecule has 1 fully saturated rings. The number of halogens is 1. The zero-order valence-electron chi connectivity index (χ0n) is 12.4. The van der Waals surface area contributed by atoms with Crippen molar-refractivity contribution in [2.45, 2.75) is 31.5 Å². The first-order valence-corrected chi connectivity index (χ1v) is 7.79. The van der Waals surface area contributed by atoms with Crippen molar-refractivity contribution >= 4 is 17.3 Å². The van der Waals surface area contributed by atoms with Crippen molar-refractivity contribution in [3.8, 4) is 5.75 Å². The van der Waals surface area contributed by atoms with Gasteiger partial charge in [-0.3, -0.25) is 5.43 Å². The van der Waals surface area contributed by atoms with Crippen LogP contribution < -0.4 is 21.3 Å². The molecular weight excluding hydrogens is 298 g/mol. The number of nitrogens with two attached hydrogens (primary N) is 1. The Morgan fingerprint density at radius 3 is 2.77 bits per heavy atom. The molecule has 2 aromatic carbocycles. The molecule has 0 radical (unpaired) electrons. The molecule has 0 aromatic heterocycles. The molecule has 0 spiro atoms. The summed E-state index contributed by atoms with van der Waals surface area (Å²) in [7, 11) is 0. The summed E-state index contributed by atoms with van der Waals surface area (Å²) in [6, 6.07) is 15.9. The highest BCUT2D eigenvalue weighted by Crippen LogP contribution is 2.28. The number of para-hydroxylation sites is 1. The van der Waals surface area contributed by atoms with Gasteiger partial charge in [-0.05, 0) is 43.2 Å². The lowest BCUT2D eigenvalue weighted by atomic mass is 9.99. The minimum Gasteiger partial charge on any atom is -0.487 e. The number of benzene rings is 2. The first-order chi connectivity index (χ1) is 10.6. The lowest BCUT2D eigenvalue weighted by Crippen LogP contribution is -2.40. The van der Waals surface area contributed by atoms with Crippen molar-refractivity contribution in [3.05, 3.63) is 59.1 Å². The molecule has 4 nitrogen and oxygen atoms in total. The summed E-state index contributed by atoms with van der Waals surface area (Å²) < 4.78 is 5.98. The summed E-state index contributed by atoms with van der Waals surface area (Å²) in [5.74, 6) is 0.714. The Hall–Kier alpha value is -1.75. The maximum absolute atomic E-state index is 6.14. The highest BCUT2D eigenvalue weighted by atomic mass is 35.5. The lowest BCUT2D eigenvalue weighted by molar-refractivity contribution is 0.176. The Bertz CT molecular complexity index is 649. The van der Waals surface area contributed by atoms with E-state index in [1.807, 2.05) is 49.4 Å². The molecule has 1 aliphatic heterocycles. The summed E-state index contributed by atoms with van der Waals surface area (Å²) in [6.45, 7) is 2.05. The Labute approximate surface area is 135 Å². The second-order valence-corrected chi connectivity index (χ2v) is 6.01. The number of hydrogen-bond acceptors (Lipinski definition) is 4. The second kappa shape index (κ2) is 6.57. The van der Waals surface area contributed by atoms with E-state index in [4.69, 9.17) is 22.1 Å². The maximum atomic E-state index is 6.14. The van der Waals surface area contributed by atoms with Crippen LogP contribution in [0.3, 0.4) is 0 Å².